The van der Waals surface area contributed by atoms with Gasteiger partial charge in [0.2, 0.25) is 10.9 Å². The van der Waals surface area contributed by atoms with Gasteiger partial charge in [-0.25, -0.2) is 0 Å². The molecule has 6 rings (SSSR count). The van der Waals surface area contributed by atoms with Crippen LogP contribution in [0.1, 0.15) is 0 Å². The van der Waals surface area contributed by atoms with Gasteiger partial charge in [0.05, 0.1) is 0 Å². The van der Waals surface area contributed by atoms with Gasteiger partial charge in [-0.15, -0.1) is 0 Å². The van der Waals surface area contributed by atoms with E-state index in [-0.39, 0.29) is 10.8 Å². The van der Waals surface area contributed by atoms with Crippen molar-refractivity contribution in [3.8, 4) is 0 Å². The van der Waals surface area contributed by atoms with E-state index in [0.29, 0.717) is 0 Å². The summed E-state index contributed by atoms with van der Waals surface area (Å²) in [7, 11) is 0. The van der Waals surface area contributed by atoms with Crippen molar-refractivity contribution in [1.29, 1.82) is 0 Å². The second-order valence-electron chi connectivity index (χ2n) is 7.58. The zero-order chi connectivity index (χ0) is 20.6. The van der Waals surface area contributed by atoms with E-state index in [4.69, 9.17) is 0 Å². The molecule has 0 amide bonds. The van der Waals surface area contributed by atoms with E-state index >= 15 is 0 Å². The molecule has 0 saturated carbocycles. The Hall–Kier alpha value is -4.18. The number of rotatable bonds is 0. The van der Waals surface area contributed by atoms with E-state index in [1.165, 1.54) is 0 Å². The van der Waals surface area contributed by atoms with Crippen molar-refractivity contribution in [2.45, 2.75) is 0 Å². The van der Waals surface area contributed by atoms with Crippen molar-refractivity contribution in [2.24, 2.45) is 0 Å². The molecule has 6 aromatic rings. The number of fused-ring (bicyclic) bond motifs is 7. The van der Waals surface area contributed by atoms with Crippen LogP contribution in [0.5, 0.6) is 0 Å². The topological polar surface area (TPSA) is 68.3 Å². The lowest BCUT2D eigenvalue weighted by Crippen LogP contribution is -2.46. The van der Waals surface area contributed by atoms with Crippen LogP contribution in [0.3, 0.4) is 0 Å². The molecule has 4 nitrogen and oxygen atoms in total. The van der Waals surface area contributed by atoms with E-state index in [1.54, 1.807) is 12.1 Å². The molecule has 0 aromatic heterocycles. The molecule has 30 heavy (non-hydrogen) atoms. The molecule has 6 aromatic carbocycles. The van der Waals surface area contributed by atoms with E-state index < -0.39 is 21.7 Å². The fourth-order valence-electron chi connectivity index (χ4n) is 4.44. The molecule has 0 heterocycles. The van der Waals surface area contributed by atoms with Crippen LogP contribution < -0.4 is 21.7 Å². The van der Waals surface area contributed by atoms with Gasteiger partial charge < -0.3 is 0 Å². The smallest absolute Gasteiger partial charge is 0.277 e. The highest BCUT2D eigenvalue weighted by Gasteiger charge is 2.14. The maximum Gasteiger partial charge on any atom is 0.277 e. The molecular formula is C26H12O4. The monoisotopic (exact) mass is 388 g/mol. The highest BCUT2D eigenvalue weighted by atomic mass is 16.2. The summed E-state index contributed by atoms with van der Waals surface area (Å²) in [6.45, 7) is 0. The summed E-state index contributed by atoms with van der Waals surface area (Å²) in [5, 5.41) is 7.93. The molecule has 0 bridgehead atoms. The second-order valence-corrected chi connectivity index (χ2v) is 7.58. The number of benzene rings is 6. The largest absolute Gasteiger partial charge is 0.285 e. The van der Waals surface area contributed by atoms with Gasteiger partial charge in [-0.1, -0.05) is 48.5 Å². The third-order valence-corrected chi connectivity index (χ3v) is 5.95. The van der Waals surface area contributed by atoms with Crippen LogP contribution in [0, 0.1) is 0 Å². The van der Waals surface area contributed by atoms with Crippen LogP contribution in [0.15, 0.2) is 92.0 Å². The summed E-state index contributed by atoms with van der Waals surface area (Å²) in [6.07, 6.45) is 0. The number of hydrogen-bond donors (Lipinski definition) is 0. The van der Waals surface area contributed by atoms with Crippen LogP contribution >= 0.6 is 0 Å². The van der Waals surface area contributed by atoms with Gasteiger partial charge in [0.1, 0.15) is 0 Å². The normalized spacial score (nSPS) is 11.9. The van der Waals surface area contributed by atoms with Gasteiger partial charge in [-0.3, -0.25) is 19.2 Å². The lowest BCUT2D eigenvalue weighted by Gasteiger charge is -2.10. The first-order chi connectivity index (χ1) is 14.5. The van der Waals surface area contributed by atoms with E-state index in [0.717, 1.165) is 43.1 Å². The Morgan fingerprint density at radius 3 is 1.43 bits per heavy atom. The SMILES string of the molecule is O=c1c(=O)c(=O)c2cc3c(ccc4c5cc6ccccc6cc5ccc34)cc2c1=O. The average Bonchev–Trinajstić information content (AvgIpc) is 2.78. The lowest BCUT2D eigenvalue weighted by molar-refractivity contribution is 1.40. The van der Waals surface area contributed by atoms with Gasteiger partial charge in [-0.05, 0) is 67.4 Å². The molecule has 0 aliphatic rings. The zero-order valence-electron chi connectivity index (χ0n) is 15.6. The van der Waals surface area contributed by atoms with Crippen LogP contribution in [0.2, 0.25) is 0 Å². The summed E-state index contributed by atoms with van der Waals surface area (Å²) in [5.74, 6) is 0. The average molecular weight is 388 g/mol. The molecule has 0 aliphatic heterocycles. The van der Waals surface area contributed by atoms with Crippen LogP contribution in [0.25, 0.3) is 53.9 Å². The van der Waals surface area contributed by atoms with Gasteiger partial charge >= 0.3 is 0 Å². The first kappa shape index (κ1) is 16.7. The maximum atomic E-state index is 12.4. The van der Waals surface area contributed by atoms with E-state index in [1.807, 2.05) is 36.4 Å². The van der Waals surface area contributed by atoms with Crippen molar-refractivity contribution in [3.05, 3.63) is 114 Å². The van der Waals surface area contributed by atoms with Crippen LogP contribution in [0.4, 0.5) is 0 Å². The standard InChI is InChI=1S/C26H12O4/c27-23-21-11-16-6-8-17-18(20(16)12-22(21)24(28)26(30)25(23)29)7-5-15-9-13-3-1-2-4-14(13)10-19(15)17/h1-12H. The Labute approximate surface area is 167 Å². The Kier molecular flexibility index (Phi) is 3.17. The van der Waals surface area contributed by atoms with Crippen molar-refractivity contribution in [2.75, 3.05) is 0 Å². The van der Waals surface area contributed by atoms with Gasteiger partial charge in [0.15, 0.2) is 0 Å². The Balaban J connectivity index is 1.83. The minimum atomic E-state index is -1.26. The first-order valence-electron chi connectivity index (χ1n) is 9.52. The molecular weight excluding hydrogens is 376 g/mol. The van der Waals surface area contributed by atoms with Crippen molar-refractivity contribution >= 4 is 53.9 Å². The molecule has 0 saturated heterocycles. The van der Waals surface area contributed by atoms with Crippen molar-refractivity contribution in [1.82, 2.24) is 0 Å². The summed E-state index contributed by atoms with van der Waals surface area (Å²) in [5.41, 5.74) is -4.35. The van der Waals surface area contributed by atoms with Crippen LogP contribution in [-0.4, -0.2) is 0 Å². The predicted octanol–water partition coefficient (Wildman–Crippen LogP) is 3.77. The Morgan fingerprint density at radius 1 is 0.333 bits per heavy atom. The highest BCUT2D eigenvalue weighted by Crippen LogP contribution is 2.34. The molecule has 0 radical (unpaired) electrons. The lowest BCUT2D eigenvalue weighted by atomic mass is 9.93. The third-order valence-electron chi connectivity index (χ3n) is 5.95. The summed E-state index contributed by atoms with van der Waals surface area (Å²) in [4.78, 5) is 48.3. The quantitative estimate of drug-likeness (QED) is 0.226. The molecule has 0 unspecified atom stereocenters. The minimum absolute atomic E-state index is 0.00297. The molecule has 0 spiro atoms. The van der Waals surface area contributed by atoms with Crippen LogP contribution in [-0.2, 0) is 0 Å². The number of hydrogen-bond acceptors (Lipinski definition) is 4. The molecule has 140 valence electrons. The molecule has 0 atom stereocenters. The zero-order valence-corrected chi connectivity index (χ0v) is 15.6. The molecule has 0 fully saturated rings. The minimum Gasteiger partial charge on any atom is -0.285 e. The maximum absolute atomic E-state index is 12.4. The fourth-order valence-corrected chi connectivity index (χ4v) is 4.44. The van der Waals surface area contributed by atoms with Crippen molar-refractivity contribution in [3.63, 3.8) is 0 Å². The molecule has 0 aliphatic carbocycles. The third kappa shape index (κ3) is 2.10. The van der Waals surface area contributed by atoms with Gasteiger partial charge in [0, 0.05) is 10.8 Å². The first-order valence-corrected chi connectivity index (χ1v) is 9.52. The Morgan fingerprint density at radius 2 is 0.800 bits per heavy atom. The fraction of sp³-hybridized carbons (Fsp3) is 0. The van der Waals surface area contributed by atoms with Crippen molar-refractivity contribution < 1.29 is 0 Å². The molecule has 0 N–H and O–H groups in total. The second kappa shape index (κ2) is 5.67. The van der Waals surface area contributed by atoms with Gasteiger partial charge in [-0.2, -0.15) is 0 Å². The van der Waals surface area contributed by atoms with Gasteiger partial charge in [0.25, 0.3) is 10.9 Å². The summed E-state index contributed by atoms with van der Waals surface area (Å²) >= 11 is 0. The highest BCUT2D eigenvalue weighted by molar-refractivity contribution is 6.20. The Bertz CT molecular complexity index is 1920. The van der Waals surface area contributed by atoms with E-state index in [2.05, 4.69) is 24.3 Å². The van der Waals surface area contributed by atoms with E-state index in [9.17, 15) is 19.2 Å². The summed E-state index contributed by atoms with van der Waals surface area (Å²) < 4.78 is 0. The summed E-state index contributed by atoms with van der Waals surface area (Å²) in [6, 6.07) is 23.5. The molecule has 4 heteroatoms. The predicted molar refractivity (Wildman–Crippen MR) is 121 cm³/mol.